The molecule has 2 rings (SSSR count). The molecule has 2 atom stereocenters. The maximum atomic E-state index is 11.6. The Labute approximate surface area is 194 Å². The van der Waals surface area contributed by atoms with Gasteiger partial charge in [0.05, 0.1) is 5.50 Å². The summed E-state index contributed by atoms with van der Waals surface area (Å²) in [6.07, 6.45) is 2.72. The van der Waals surface area contributed by atoms with Gasteiger partial charge < -0.3 is 20.9 Å². The van der Waals surface area contributed by atoms with Crippen LogP contribution in [0.1, 0.15) is 31.2 Å². The van der Waals surface area contributed by atoms with E-state index in [1.165, 1.54) is 0 Å². The molecular formula is C18H29BCl4N2O4. The van der Waals surface area contributed by atoms with E-state index in [9.17, 15) is 9.90 Å². The van der Waals surface area contributed by atoms with Crippen molar-refractivity contribution in [1.29, 1.82) is 0 Å². The van der Waals surface area contributed by atoms with Gasteiger partial charge in [-0.2, -0.15) is 0 Å². The van der Waals surface area contributed by atoms with E-state index in [4.69, 9.17) is 39.0 Å². The number of rotatable bonds is 11. The zero-order chi connectivity index (χ0) is 20.0. The standard InChI is InChI=1S/C18H27BCl2N2O4.2ClH/c20-15-5-3-13(4-6-15)9-16(21)23-11-14(12-23)10-18(22,17(24)25)7-1-2-8-19(26)27;;/h3-6,14,16,26-27H,1-2,7-12,22H2,(H,24,25);2*1H. The molecule has 11 heteroatoms. The van der Waals surface area contributed by atoms with Gasteiger partial charge in [0.25, 0.3) is 0 Å². The first-order chi connectivity index (χ1) is 12.7. The second kappa shape index (κ2) is 13.2. The van der Waals surface area contributed by atoms with E-state index in [-0.39, 0.29) is 42.6 Å². The molecule has 5 N–H and O–H groups in total. The zero-order valence-electron chi connectivity index (χ0n) is 16.0. The number of hydrogen-bond donors (Lipinski definition) is 4. The molecule has 1 heterocycles. The van der Waals surface area contributed by atoms with Crippen molar-refractivity contribution in [3.63, 3.8) is 0 Å². The Morgan fingerprint density at radius 1 is 1.24 bits per heavy atom. The summed E-state index contributed by atoms with van der Waals surface area (Å²) in [4.78, 5) is 13.8. The highest BCUT2D eigenvalue weighted by atomic mass is 35.5. The first-order valence-corrected chi connectivity index (χ1v) is 10.0. The predicted molar refractivity (Wildman–Crippen MR) is 122 cm³/mol. The summed E-state index contributed by atoms with van der Waals surface area (Å²) in [5, 5.41) is 28.0. The van der Waals surface area contributed by atoms with Gasteiger partial charge in [-0.25, -0.2) is 0 Å². The molecule has 1 aliphatic heterocycles. The molecule has 0 aliphatic carbocycles. The number of hydrogen-bond acceptors (Lipinski definition) is 5. The average molecular weight is 490 g/mol. The number of likely N-dealkylation sites (tertiary alicyclic amines) is 1. The lowest BCUT2D eigenvalue weighted by atomic mass is 9.78. The van der Waals surface area contributed by atoms with Crippen molar-refractivity contribution in [2.75, 3.05) is 13.1 Å². The second-order valence-electron chi connectivity index (χ2n) is 7.48. The Hall–Kier alpha value is -0.245. The van der Waals surface area contributed by atoms with Crippen LogP contribution in [0.2, 0.25) is 11.3 Å². The Kier molecular flexibility index (Phi) is 13.1. The number of benzene rings is 1. The third-order valence-electron chi connectivity index (χ3n) is 5.11. The van der Waals surface area contributed by atoms with Crippen molar-refractivity contribution < 1.29 is 19.9 Å². The molecule has 6 nitrogen and oxygen atoms in total. The Morgan fingerprint density at radius 2 is 1.83 bits per heavy atom. The maximum absolute atomic E-state index is 11.6. The normalized spacial score (nSPS) is 17.3. The van der Waals surface area contributed by atoms with Crippen molar-refractivity contribution >= 4 is 61.1 Å². The summed E-state index contributed by atoms with van der Waals surface area (Å²) in [6.45, 7) is 1.45. The number of halogens is 4. The number of carboxylic acid groups (broad SMARTS) is 1. The molecule has 0 bridgehead atoms. The number of alkyl halides is 1. The molecular weight excluding hydrogens is 461 g/mol. The maximum Gasteiger partial charge on any atom is 0.451 e. The quantitative estimate of drug-likeness (QED) is 0.165. The van der Waals surface area contributed by atoms with E-state index in [1.54, 1.807) is 0 Å². The SMILES string of the molecule is Cl.Cl.NC(CCCCB(O)O)(CC1CN(C(Cl)Cc2ccc(Cl)cc2)C1)C(=O)O. The van der Waals surface area contributed by atoms with Crippen LogP contribution in [0.4, 0.5) is 0 Å². The summed E-state index contributed by atoms with van der Waals surface area (Å²) in [6, 6.07) is 7.58. The van der Waals surface area contributed by atoms with Gasteiger partial charge in [0.15, 0.2) is 0 Å². The molecule has 1 fully saturated rings. The smallest absolute Gasteiger partial charge is 0.451 e. The molecule has 0 saturated carbocycles. The average Bonchev–Trinajstić information content (AvgIpc) is 2.56. The largest absolute Gasteiger partial charge is 0.480 e. The van der Waals surface area contributed by atoms with E-state index in [0.29, 0.717) is 37.1 Å². The zero-order valence-corrected chi connectivity index (χ0v) is 19.2. The number of unbranched alkanes of at least 4 members (excludes halogenated alkanes) is 1. The van der Waals surface area contributed by atoms with Crippen LogP contribution in [0.25, 0.3) is 0 Å². The summed E-state index contributed by atoms with van der Waals surface area (Å²) in [5.74, 6) is -0.810. The highest BCUT2D eigenvalue weighted by molar-refractivity contribution is 6.40. The Balaban J connectivity index is 0.00000392. The van der Waals surface area contributed by atoms with Gasteiger partial charge in [-0.15, -0.1) is 36.4 Å². The third-order valence-corrected chi connectivity index (χ3v) is 5.80. The summed E-state index contributed by atoms with van der Waals surface area (Å²) >= 11 is 12.4. The molecule has 0 amide bonds. The van der Waals surface area contributed by atoms with E-state index in [1.807, 2.05) is 24.3 Å². The van der Waals surface area contributed by atoms with E-state index >= 15 is 0 Å². The van der Waals surface area contributed by atoms with Crippen molar-refractivity contribution in [2.24, 2.45) is 11.7 Å². The molecule has 1 aromatic rings. The second-order valence-corrected chi connectivity index (χ2v) is 8.42. The lowest BCUT2D eigenvalue weighted by Gasteiger charge is -2.44. The van der Waals surface area contributed by atoms with Crippen LogP contribution in [0.15, 0.2) is 24.3 Å². The van der Waals surface area contributed by atoms with Gasteiger partial charge >= 0.3 is 13.1 Å². The minimum atomic E-state index is -1.36. The molecule has 0 radical (unpaired) electrons. The van der Waals surface area contributed by atoms with E-state index in [2.05, 4.69) is 4.90 Å². The molecule has 0 aromatic heterocycles. The Morgan fingerprint density at radius 3 is 2.34 bits per heavy atom. The number of nitrogens with zero attached hydrogens (tertiary/aromatic N) is 1. The summed E-state index contributed by atoms with van der Waals surface area (Å²) < 4.78 is 0. The molecule has 1 aromatic carbocycles. The number of nitrogens with two attached hydrogens (primary N) is 1. The predicted octanol–water partition coefficient (Wildman–Crippen LogP) is 3.04. The third kappa shape index (κ3) is 9.19. The van der Waals surface area contributed by atoms with Crippen LogP contribution in [0.3, 0.4) is 0 Å². The van der Waals surface area contributed by atoms with Crippen LogP contribution >= 0.6 is 48.0 Å². The highest BCUT2D eigenvalue weighted by Gasteiger charge is 2.41. The van der Waals surface area contributed by atoms with Crippen molar-refractivity contribution in [3.05, 3.63) is 34.9 Å². The Bertz CT molecular complexity index is 620. The fourth-order valence-electron chi connectivity index (χ4n) is 3.49. The molecule has 1 saturated heterocycles. The minimum absolute atomic E-state index is 0. The lowest BCUT2D eigenvalue weighted by Crippen LogP contribution is -2.57. The fraction of sp³-hybridized carbons (Fsp3) is 0.611. The highest BCUT2D eigenvalue weighted by Crippen LogP contribution is 2.31. The monoisotopic (exact) mass is 488 g/mol. The van der Waals surface area contributed by atoms with Gasteiger partial charge in [0.1, 0.15) is 5.54 Å². The topological polar surface area (TPSA) is 107 Å². The molecule has 0 spiro atoms. The van der Waals surface area contributed by atoms with Crippen molar-refractivity contribution in [3.8, 4) is 0 Å². The molecule has 29 heavy (non-hydrogen) atoms. The van der Waals surface area contributed by atoms with Gasteiger partial charge in [-0.3, -0.25) is 9.69 Å². The first kappa shape index (κ1) is 28.8. The number of carboxylic acids is 1. The lowest BCUT2D eigenvalue weighted by molar-refractivity contribution is -0.145. The number of aliphatic carboxylic acids is 1. The van der Waals surface area contributed by atoms with Crippen LogP contribution in [-0.2, 0) is 11.2 Å². The summed E-state index contributed by atoms with van der Waals surface area (Å²) in [5.41, 5.74) is 5.81. The van der Waals surface area contributed by atoms with Gasteiger partial charge in [0, 0.05) is 24.5 Å². The van der Waals surface area contributed by atoms with E-state index in [0.717, 1.165) is 18.7 Å². The van der Waals surface area contributed by atoms with Gasteiger partial charge in [-0.1, -0.05) is 36.6 Å². The van der Waals surface area contributed by atoms with Crippen LogP contribution in [0.5, 0.6) is 0 Å². The van der Waals surface area contributed by atoms with Crippen LogP contribution in [0, 0.1) is 5.92 Å². The van der Waals surface area contributed by atoms with E-state index < -0.39 is 18.6 Å². The molecule has 166 valence electrons. The minimum Gasteiger partial charge on any atom is -0.480 e. The van der Waals surface area contributed by atoms with Crippen molar-refractivity contribution in [2.45, 2.75) is 49.5 Å². The van der Waals surface area contributed by atoms with Crippen LogP contribution < -0.4 is 5.73 Å². The molecule has 1 aliphatic rings. The van der Waals surface area contributed by atoms with Crippen LogP contribution in [-0.4, -0.2) is 57.3 Å². The molecule has 2 unspecified atom stereocenters. The first-order valence-electron chi connectivity index (χ1n) is 9.20. The van der Waals surface area contributed by atoms with Crippen molar-refractivity contribution in [1.82, 2.24) is 4.90 Å². The summed E-state index contributed by atoms with van der Waals surface area (Å²) in [7, 11) is -1.36. The van der Waals surface area contributed by atoms with Gasteiger partial charge in [-0.05, 0) is 42.8 Å². The van der Waals surface area contributed by atoms with Gasteiger partial charge in [0.2, 0.25) is 0 Å². The number of carbonyl (C=O) groups is 1. The fourth-order valence-corrected chi connectivity index (χ4v) is 3.95.